The summed E-state index contributed by atoms with van der Waals surface area (Å²) in [7, 11) is 0. The molecule has 2 aromatic heterocycles. The molecule has 1 unspecified atom stereocenters. The van der Waals surface area contributed by atoms with Crippen LogP contribution < -0.4 is 0 Å². The van der Waals surface area contributed by atoms with E-state index >= 15 is 0 Å². The highest BCUT2D eigenvalue weighted by molar-refractivity contribution is 9.10. The third kappa shape index (κ3) is 3.48. The minimum atomic E-state index is -0.386. The van der Waals surface area contributed by atoms with Crippen LogP contribution in [-0.2, 0) is 19.4 Å². The minimum Gasteiger partial charge on any atom is -0.469 e. The molecule has 0 aliphatic heterocycles. The third-order valence-corrected chi connectivity index (χ3v) is 4.22. The van der Waals surface area contributed by atoms with E-state index in [0.717, 1.165) is 34.6 Å². The summed E-state index contributed by atoms with van der Waals surface area (Å²) in [5, 5.41) is 14.6. The van der Waals surface area contributed by atoms with Crippen molar-refractivity contribution in [3.05, 3.63) is 40.0 Å². The van der Waals surface area contributed by atoms with E-state index in [1.165, 1.54) is 0 Å². The number of nitrogens with zero attached hydrogens (tertiary/aromatic N) is 2. The summed E-state index contributed by atoms with van der Waals surface area (Å²) in [5.74, 6) is 0.915. The lowest BCUT2D eigenvalue weighted by Crippen LogP contribution is -2.15. The number of aryl methyl sites for hydroxylation is 3. The Balaban J connectivity index is 1.96. The second-order valence-electron chi connectivity index (χ2n) is 4.64. The quantitative estimate of drug-likeness (QED) is 0.887. The molecule has 1 atom stereocenters. The first-order valence-corrected chi connectivity index (χ1v) is 7.33. The normalized spacial score (nSPS) is 12.8. The number of hydrogen-bond acceptors (Lipinski definition) is 3. The zero-order valence-corrected chi connectivity index (χ0v) is 12.9. The highest BCUT2D eigenvalue weighted by Gasteiger charge is 2.16. The van der Waals surface area contributed by atoms with E-state index in [2.05, 4.69) is 28.0 Å². The summed E-state index contributed by atoms with van der Waals surface area (Å²) in [6.07, 6.45) is 3.32. The molecule has 0 aliphatic rings. The summed E-state index contributed by atoms with van der Waals surface area (Å²) in [5.41, 5.74) is 2.03. The van der Waals surface area contributed by atoms with E-state index in [1.807, 2.05) is 23.7 Å². The maximum atomic E-state index is 10.2. The average Bonchev–Trinajstić information content (AvgIpc) is 3.00. The molecule has 0 bridgehead atoms. The van der Waals surface area contributed by atoms with Crippen molar-refractivity contribution in [2.24, 2.45) is 0 Å². The molecule has 2 aromatic rings. The molecule has 0 aliphatic carbocycles. The predicted octanol–water partition coefficient (Wildman–Crippen LogP) is 3.10. The fraction of sp³-hybridized carbons (Fsp3) is 0.500. The van der Waals surface area contributed by atoms with Gasteiger partial charge >= 0.3 is 0 Å². The Morgan fingerprint density at radius 2 is 2.32 bits per heavy atom. The first kappa shape index (κ1) is 14.3. The van der Waals surface area contributed by atoms with E-state index in [-0.39, 0.29) is 6.10 Å². The Morgan fingerprint density at radius 3 is 2.95 bits per heavy atom. The number of aliphatic hydroxyl groups is 1. The molecular formula is C14H19BrN2O2. The van der Waals surface area contributed by atoms with Crippen molar-refractivity contribution in [3.8, 4) is 0 Å². The van der Waals surface area contributed by atoms with Crippen LogP contribution in [0.25, 0.3) is 0 Å². The summed E-state index contributed by atoms with van der Waals surface area (Å²) in [6.45, 7) is 4.83. The Morgan fingerprint density at radius 1 is 1.53 bits per heavy atom. The van der Waals surface area contributed by atoms with E-state index < -0.39 is 0 Å². The maximum absolute atomic E-state index is 10.2. The molecule has 0 aromatic carbocycles. The van der Waals surface area contributed by atoms with Crippen molar-refractivity contribution in [1.29, 1.82) is 0 Å². The Labute approximate surface area is 121 Å². The van der Waals surface area contributed by atoms with Gasteiger partial charge in [0.2, 0.25) is 0 Å². The van der Waals surface area contributed by atoms with Gasteiger partial charge in [0.15, 0.2) is 0 Å². The van der Waals surface area contributed by atoms with Crippen LogP contribution in [0, 0.1) is 6.92 Å². The fourth-order valence-corrected chi connectivity index (χ4v) is 2.60. The van der Waals surface area contributed by atoms with Crippen molar-refractivity contribution < 1.29 is 9.52 Å². The molecule has 0 amide bonds. The molecule has 0 saturated heterocycles. The van der Waals surface area contributed by atoms with E-state index in [9.17, 15) is 5.11 Å². The van der Waals surface area contributed by atoms with Gasteiger partial charge in [-0.3, -0.25) is 4.68 Å². The molecular weight excluding hydrogens is 308 g/mol. The van der Waals surface area contributed by atoms with Gasteiger partial charge in [0.25, 0.3) is 0 Å². The average molecular weight is 327 g/mol. The van der Waals surface area contributed by atoms with Crippen LogP contribution in [0.2, 0.25) is 0 Å². The van der Waals surface area contributed by atoms with Gasteiger partial charge in [-0.2, -0.15) is 5.10 Å². The van der Waals surface area contributed by atoms with Gasteiger partial charge in [-0.15, -0.1) is 0 Å². The number of rotatable bonds is 6. The first-order chi connectivity index (χ1) is 9.11. The van der Waals surface area contributed by atoms with Crippen LogP contribution in [0.4, 0.5) is 0 Å². The number of aromatic nitrogens is 2. The van der Waals surface area contributed by atoms with Crippen molar-refractivity contribution in [2.45, 2.75) is 45.8 Å². The van der Waals surface area contributed by atoms with Gasteiger partial charge < -0.3 is 9.52 Å². The molecule has 0 saturated carbocycles. The summed E-state index contributed by atoms with van der Waals surface area (Å²) in [4.78, 5) is 0. The fourth-order valence-electron chi connectivity index (χ4n) is 2.15. The number of halogens is 1. The topological polar surface area (TPSA) is 51.2 Å². The molecule has 2 rings (SSSR count). The first-order valence-electron chi connectivity index (χ1n) is 6.54. The van der Waals surface area contributed by atoms with Gasteiger partial charge in [-0.25, -0.2) is 0 Å². The summed E-state index contributed by atoms with van der Waals surface area (Å²) in [6, 6.07) is 3.80. The molecule has 0 spiro atoms. The van der Waals surface area contributed by atoms with Crippen molar-refractivity contribution in [2.75, 3.05) is 0 Å². The molecule has 0 fully saturated rings. The molecule has 19 heavy (non-hydrogen) atoms. The molecule has 4 nitrogen and oxygen atoms in total. The van der Waals surface area contributed by atoms with E-state index in [0.29, 0.717) is 12.8 Å². The predicted molar refractivity (Wildman–Crippen MR) is 77.1 cm³/mol. The van der Waals surface area contributed by atoms with Crippen molar-refractivity contribution in [3.63, 3.8) is 0 Å². The molecule has 0 radical (unpaired) electrons. The van der Waals surface area contributed by atoms with Crippen LogP contribution in [0.3, 0.4) is 0 Å². The van der Waals surface area contributed by atoms with E-state index in [4.69, 9.17) is 4.42 Å². The SMILES string of the molecule is CCn1nc(C)c(Br)c1CC(O)CCc1ccco1. The summed E-state index contributed by atoms with van der Waals surface area (Å²) < 4.78 is 8.21. The van der Waals surface area contributed by atoms with Gasteiger partial charge in [0.1, 0.15) is 5.76 Å². The zero-order valence-electron chi connectivity index (χ0n) is 11.3. The Hall–Kier alpha value is -1.07. The van der Waals surface area contributed by atoms with Crippen LogP contribution >= 0.6 is 15.9 Å². The van der Waals surface area contributed by atoms with Crippen LogP contribution in [-0.4, -0.2) is 21.0 Å². The van der Waals surface area contributed by atoms with Crippen LogP contribution in [0.5, 0.6) is 0 Å². The lowest BCUT2D eigenvalue weighted by Gasteiger charge is -2.11. The standard InChI is InChI=1S/C14H19BrN2O2/c1-3-17-13(14(15)10(2)16-17)9-11(18)6-7-12-5-4-8-19-12/h4-5,8,11,18H,3,6-7,9H2,1-2H3. The van der Waals surface area contributed by atoms with E-state index in [1.54, 1.807) is 6.26 Å². The third-order valence-electron chi connectivity index (χ3n) is 3.19. The van der Waals surface area contributed by atoms with Gasteiger partial charge in [0.05, 0.1) is 28.2 Å². The second kappa shape index (κ2) is 6.39. The molecule has 1 N–H and O–H groups in total. The van der Waals surface area contributed by atoms with Crippen molar-refractivity contribution in [1.82, 2.24) is 9.78 Å². The van der Waals surface area contributed by atoms with Gasteiger partial charge in [-0.1, -0.05) is 0 Å². The lowest BCUT2D eigenvalue weighted by molar-refractivity contribution is 0.160. The molecule has 5 heteroatoms. The zero-order chi connectivity index (χ0) is 13.8. The van der Waals surface area contributed by atoms with Gasteiger partial charge in [-0.05, 0) is 48.3 Å². The molecule has 104 valence electrons. The Kier molecular flexibility index (Phi) is 4.82. The second-order valence-corrected chi connectivity index (χ2v) is 5.43. The van der Waals surface area contributed by atoms with Gasteiger partial charge in [0, 0.05) is 19.4 Å². The maximum Gasteiger partial charge on any atom is 0.103 e. The Bertz CT molecular complexity index is 520. The van der Waals surface area contributed by atoms with Crippen LogP contribution in [0.15, 0.2) is 27.3 Å². The highest BCUT2D eigenvalue weighted by atomic mass is 79.9. The number of aliphatic hydroxyl groups excluding tert-OH is 1. The number of furan rings is 1. The molecule has 2 heterocycles. The minimum absolute atomic E-state index is 0.386. The van der Waals surface area contributed by atoms with Crippen LogP contribution in [0.1, 0.15) is 30.5 Å². The largest absolute Gasteiger partial charge is 0.469 e. The number of hydrogen-bond donors (Lipinski definition) is 1. The lowest BCUT2D eigenvalue weighted by atomic mass is 10.1. The smallest absolute Gasteiger partial charge is 0.103 e. The monoisotopic (exact) mass is 326 g/mol. The van der Waals surface area contributed by atoms with Crippen molar-refractivity contribution >= 4 is 15.9 Å². The summed E-state index contributed by atoms with van der Waals surface area (Å²) >= 11 is 3.55. The highest BCUT2D eigenvalue weighted by Crippen LogP contribution is 2.23.